The van der Waals surface area contributed by atoms with Gasteiger partial charge in [0.05, 0.1) is 0 Å². The molecule has 1 heterocycles. The van der Waals surface area contributed by atoms with Crippen molar-refractivity contribution in [2.75, 3.05) is 18.8 Å². The summed E-state index contributed by atoms with van der Waals surface area (Å²) in [6.45, 7) is 6.78. The topological polar surface area (TPSA) is 12.0 Å². The molecule has 0 aliphatic carbocycles. The van der Waals surface area contributed by atoms with Crippen molar-refractivity contribution in [2.24, 2.45) is 5.92 Å². The van der Waals surface area contributed by atoms with E-state index in [2.05, 4.69) is 24.9 Å². The fourth-order valence-electron chi connectivity index (χ4n) is 0.966. The number of hydrogen-bond donors (Lipinski definition) is 2. The summed E-state index contributed by atoms with van der Waals surface area (Å²) in [4.78, 5) is 0. The average Bonchev–Trinajstić information content (AvgIpc) is 1.91. The molecule has 0 spiro atoms. The van der Waals surface area contributed by atoms with Crippen LogP contribution in [-0.2, 0) is 0 Å². The SMILES string of the molecule is CC1CCNCC1.CCS. The molecule has 1 N–H and O–H groups in total. The van der Waals surface area contributed by atoms with Gasteiger partial charge in [-0.25, -0.2) is 0 Å². The van der Waals surface area contributed by atoms with Gasteiger partial charge in [-0.3, -0.25) is 0 Å². The van der Waals surface area contributed by atoms with Crippen LogP contribution in [-0.4, -0.2) is 18.8 Å². The minimum absolute atomic E-state index is 0.944. The molecule has 0 aromatic carbocycles. The van der Waals surface area contributed by atoms with Crippen LogP contribution in [0.15, 0.2) is 0 Å². The molecule has 10 heavy (non-hydrogen) atoms. The monoisotopic (exact) mass is 161 g/mol. The quantitative estimate of drug-likeness (QED) is 0.517. The third kappa shape index (κ3) is 6.43. The first-order valence-electron chi connectivity index (χ1n) is 4.12. The van der Waals surface area contributed by atoms with Crippen molar-refractivity contribution in [2.45, 2.75) is 26.7 Å². The van der Waals surface area contributed by atoms with Gasteiger partial charge in [-0.2, -0.15) is 12.6 Å². The molecule has 1 saturated heterocycles. The Bertz CT molecular complexity index is 60.3. The first-order chi connectivity index (χ1) is 4.81. The molecule has 0 radical (unpaired) electrons. The molecule has 62 valence electrons. The normalized spacial score (nSPS) is 19.5. The standard InChI is InChI=1S/C6H13N.C2H6S/c1-6-2-4-7-5-3-6;1-2-3/h6-7H,2-5H2,1H3;3H,2H2,1H3. The van der Waals surface area contributed by atoms with Gasteiger partial charge in [-0.05, 0) is 37.6 Å². The summed E-state index contributed by atoms with van der Waals surface area (Å²) in [6, 6.07) is 0. The van der Waals surface area contributed by atoms with Crippen molar-refractivity contribution in [3.05, 3.63) is 0 Å². The molecule has 1 fully saturated rings. The summed E-state index contributed by atoms with van der Waals surface area (Å²) in [6.07, 6.45) is 2.75. The lowest BCUT2D eigenvalue weighted by atomic mass is 10.0. The zero-order valence-electron chi connectivity index (χ0n) is 7.06. The van der Waals surface area contributed by atoms with Crippen LogP contribution >= 0.6 is 12.6 Å². The van der Waals surface area contributed by atoms with E-state index in [1.807, 2.05) is 6.92 Å². The fourth-order valence-corrected chi connectivity index (χ4v) is 0.966. The van der Waals surface area contributed by atoms with E-state index >= 15 is 0 Å². The van der Waals surface area contributed by atoms with Crippen LogP contribution < -0.4 is 5.32 Å². The Morgan fingerprint density at radius 2 is 1.80 bits per heavy atom. The Labute approximate surface area is 70.0 Å². The molecule has 0 saturated carbocycles. The Kier molecular flexibility index (Phi) is 7.65. The van der Waals surface area contributed by atoms with Crippen molar-refractivity contribution in [1.29, 1.82) is 0 Å². The van der Waals surface area contributed by atoms with Gasteiger partial charge < -0.3 is 5.32 Å². The fraction of sp³-hybridized carbons (Fsp3) is 1.00. The van der Waals surface area contributed by atoms with Crippen LogP contribution in [0.4, 0.5) is 0 Å². The maximum absolute atomic E-state index is 3.79. The number of piperidine rings is 1. The molecule has 0 bridgehead atoms. The van der Waals surface area contributed by atoms with Crippen molar-refractivity contribution in [3.63, 3.8) is 0 Å². The average molecular weight is 161 g/mol. The maximum Gasteiger partial charge on any atom is -0.00464 e. The van der Waals surface area contributed by atoms with E-state index in [0.717, 1.165) is 11.7 Å². The van der Waals surface area contributed by atoms with Crippen LogP contribution in [0.1, 0.15) is 26.7 Å². The highest BCUT2D eigenvalue weighted by Crippen LogP contribution is 2.08. The lowest BCUT2D eigenvalue weighted by molar-refractivity contribution is 0.402. The van der Waals surface area contributed by atoms with Crippen molar-refractivity contribution >= 4 is 12.6 Å². The molecule has 1 nitrogen and oxygen atoms in total. The van der Waals surface area contributed by atoms with Gasteiger partial charge in [-0.1, -0.05) is 13.8 Å². The molecule has 0 unspecified atom stereocenters. The van der Waals surface area contributed by atoms with E-state index in [-0.39, 0.29) is 0 Å². The zero-order valence-corrected chi connectivity index (χ0v) is 7.95. The highest BCUT2D eigenvalue weighted by molar-refractivity contribution is 7.80. The molecule has 0 aromatic heterocycles. The Morgan fingerprint density at radius 3 is 2.00 bits per heavy atom. The van der Waals surface area contributed by atoms with Gasteiger partial charge in [0, 0.05) is 0 Å². The van der Waals surface area contributed by atoms with E-state index in [9.17, 15) is 0 Å². The maximum atomic E-state index is 3.79. The third-order valence-electron chi connectivity index (χ3n) is 1.63. The second-order valence-corrected chi connectivity index (χ2v) is 3.38. The summed E-state index contributed by atoms with van der Waals surface area (Å²) in [5.74, 6) is 1.92. The largest absolute Gasteiger partial charge is 0.317 e. The van der Waals surface area contributed by atoms with E-state index in [0.29, 0.717) is 0 Å². The van der Waals surface area contributed by atoms with Gasteiger partial charge in [0.2, 0.25) is 0 Å². The Balaban J connectivity index is 0.000000236. The van der Waals surface area contributed by atoms with Crippen molar-refractivity contribution in [3.8, 4) is 0 Å². The first kappa shape index (κ1) is 10.3. The number of nitrogens with one attached hydrogen (secondary N) is 1. The van der Waals surface area contributed by atoms with Gasteiger partial charge >= 0.3 is 0 Å². The number of rotatable bonds is 0. The van der Waals surface area contributed by atoms with Crippen LogP contribution in [0.2, 0.25) is 0 Å². The number of thiol groups is 1. The van der Waals surface area contributed by atoms with Gasteiger partial charge in [0.25, 0.3) is 0 Å². The lowest BCUT2D eigenvalue weighted by Crippen LogP contribution is -2.26. The second-order valence-electron chi connectivity index (χ2n) is 2.75. The molecule has 1 aliphatic rings. The predicted molar refractivity (Wildman–Crippen MR) is 50.8 cm³/mol. The third-order valence-corrected chi connectivity index (χ3v) is 1.63. The summed E-state index contributed by atoms with van der Waals surface area (Å²) < 4.78 is 0. The minimum atomic E-state index is 0.944. The van der Waals surface area contributed by atoms with Crippen molar-refractivity contribution in [1.82, 2.24) is 5.32 Å². The van der Waals surface area contributed by atoms with E-state index in [1.165, 1.54) is 25.9 Å². The van der Waals surface area contributed by atoms with Gasteiger partial charge in [0.15, 0.2) is 0 Å². The Hall–Kier alpha value is 0.310. The van der Waals surface area contributed by atoms with E-state index in [1.54, 1.807) is 0 Å². The smallest absolute Gasteiger partial charge is 0.00464 e. The van der Waals surface area contributed by atoms with Crippen LogP contribution in [0.3, 0.4) is 0 Å². The molecular weight excluding hydrogens is 142 g/mol. The zero-order chi connectivity index (χ0) is 7.82. The molecular formula is C8H19NS. The van der Waals surface area contributed by atoms with Gasteiger partial charge in [-0.15, -0.1) is 0 Å². The van der Waals surface area contributed by atoms with Crippen LogP contribution in [0.25, 0.3) is 0 Å². The molecule has 0 aromatic rings. The highest BCUT2D eigenvalue weighted by Gasteiger charge is 2.04. The second kappa shape index (κ2) is 7.42. The molecule has 1 aliphatic heterocycles. The van der Waals surface area contributed by atoms with Crippen LogP contribution in [0.5, 0.6) is 0 Å². The highest BCUT2D eigenvalue weighted by atomic mass is 32.1. The first-order valence-corrected chi connectivity index (χ1v) is 4.76. The van der Waals surface area contributed by atoms with Crippen molar-refractivity contribution < 1.29 is 0 Å². The summed E-state index contributed by atoms with van der Waals surface area (Å²) >= 11 is 3.79. The minimum Gasteiger partial charge on any atom is -0.317 e. The predicted octanol–water partition coefficient (Wildman–Crippen LogP) is 1.94. The molecule has 0 atom stereocenters. The molecule has 1 rings (SSSR count). The molecule has 2 heteroatoms. The Morgan fingerprint density at radius 1 is 1.40 bits per heavy atom. The lowest BCUT2D eigenvalue weighted by Gasteiger charge is -2.17. The van der Waals surface area contributed by atoms with Crippen LogP contribution in [0, 0.1) is 5.92 Å². The summed E-state index contributed by atoms with van der Waals surface area (Å²) in [5.41, 5.74) is 0. The van der Waals surface area contributed by atoms with Gasteiger partial charge in [0.1, 0.15) is 0 Å². The van der Waals surface area contributed by atoms with E-state index in [4.69, 9.17) is 0 Å². The number of hydrogen-bond acceptors (Lipinski definition) is 2. The summed E-state index contributed by atoms with van der Waals surface area (Å²) in [5, 5.41) is 3.32. The van der Waals surface area contributed by atoms with E-state index < -0.39 is 0 Å². The molecule has 0 amide bonds. The summed E-state index contributed by atoms with van der Waals surface area (Å²) in [7, 11) is 0.